The Morgan fingerprint density at radius 3 is 2.32 bits per heavy atom. The van der Waals surface area contributed by atoms with E-state index in [0.717, 1.165) is 0 Å². The summed E-state index contributed by atoms with van der Waals surface area (Å²) in [5.74, 6) is 3.68. The molecule has 1 fully saturated rings. The second kappa shape index (κ2) is 5.83. The summed E-state index contributed by atoms with van der Waals surface area (Å²) in [5.41, 5.74) is 8.18. The SMILES string of the molecule is c1cc[n+]2c(c1)-n1c3ccccc3c3ccc4[n+](c31)C21c2c(ccc3c5ccccc5n-4c23)C2CCCC21. The lowest BCUT2D eigenvalue weighted by Crippen LogP contribution is -2.81. The molecule has 3 aromatic carbocycles. The topological polar surface area (TPSA) is 17.6 Å². The third-order valence-corrected chi connectivity index (χ3v) is 10.4. The van der Waals surface area contributed by atoms with E-state index in [2.05, 4.69) is 115 Å². The van der Waals surface area contributed by atoms with Crippen molar-refractivity contribution in [2.75, 3.05) is 0 Å². The highest BCUT2D eigenvalue weighted by Crippen LogP contribution is 2.60. The van der Waals surface area contributed by atoms with Crippen LogP contribution in [-0.2, 0) is 5.66 Å². The van der Waals surface area contributed by atoms with Gasteiger partial charge in [-0.15, -0.1) is 0 Å². The summed E-state index contributed by atoms with van der Waals surface area (Å²) in [7, 11) is 0. The highest BCUT2D eigenvalue weighted by Gasteiger charge is 2.68. The molecule has 2 aliphatic heterocycles. The first-order chi connectivity index (χ1) is 18.9. The Balaban J connectivity index is 1.52. The van der Waals surface area contributed by atoms with Crippen LogP contribution in [0.5, 0.6) is 0 Å². The second-order valence-corrected chi connectivity index (χ2v) is 11.7. The number of hydrogen-bond donors (Lipinski definition) is 0. The van der Waals surface area contributed by atoms with Crippen molar-refractivity contribution in [3.8, 4) is 11.6 Å². The number of para-hydroxylation sites is 2. The summed E-state index contributed by atoms with van der Waals surface area (Å²) < 4.78 is 10.5. The van der Waals surface area contributed by atoms with E-state index in [1.54, 1.807) is 11.1 Å². The zero-order chi connectivity index (χ0) is 24.3. The molecule has 1 spiro atoms. The van der Waals surface area contributed by atoms with Crippen LogP contribution < -0.4 is 9.13 Å². The normalized spacial score (nSPS) is 23.6. The highest BCUT2D eigenvalue weighted by molar-refractivity contribution is 6.12. The third-order valence-electron chi connectivity index (χ3n) is 10.4. The van der Waals surface area contributed by atoms with Crippen molar-refractivity contribution in [1.29, 1.82) is 0 Å². The molecule has 11 rings (SSSR count). The number of hydrogen-bond acceptors (Lipinski definition) is 0. The number of rotatable bonds is 0. The highest BCUT2D eigenvalue weighted by atomic mass is 15.4. The van der Waals surface area contributed by atoms with Crippen molar-refractivity contribution in [3.63, 3.8) is 0 Å². The van der Waals surface area contributed by atoms with E-state index in [4.69, 9.17) is 0 Å². The van der Waals surface area contributed by atoms with Crippen LogP contribution in [0.3, 0.4) is 0 Å². The first-order valence-electron chi connectivity index (χ1n) is 14.0. The first-order valence-corrected chi connectivity index (χ1v) is 14.0. The van der Waals surface area contributed by atoms with Gasteiger partial charge in [0, 0.05) is 34.2 Å². The molecule has 0 amide bonds. The molecule has 0 bridgehead atoms. The average molecular weight is 489 g/mol. The molecule has 7 aromatic rings. The average Bonchev–Trinajstić information content (AvgIpc) is 3.72. The molecule has 178 valence electrons. The number of nitrogens with zero attached hydrogens (tertiary/aromatic N) is 4. The van der Waals surface area contributed by atoms with Crippen LogP contribution in [0.25, 0.3) is 55.4 Å². The van der Waals surface area contributed by atoms with Crippen LogP contribution in [-0.4, -0.2) is 9.13 Å². The van der Waals surface area contributed by atoms with Crippen LogP contribution in [0, 0.1) is 5.92 Å². The van der Waals surface area contributed by atoms with Gasteiger partial charge in [-0.05, 0) is 48.6 Å². The Morgan fingerprint density at radius 1 is 0.658 bits per heavy atom. The fraction of sp³-hybridized carbons (Fsp3) is 0.176. The Bertz CT molecular complexity index is 2250. The van der Waals surface area contributed by atoms with E-state index in [1.807, 2.05) is 0 Å². The second-order valence-electron chi connectivity index (χ2n) is 11.7. The van der Waals surface area contributed by atoms with E-state index in [1.165, 1.54) is 74.6 Å². The van der Waals surface area contributed by atoms with Gasteiger partial charge in [0.15, 0.2) is 0 Å². The maximum atomic E-state index is 2.77. The minimum absolute atomic E-state index is 0.268. The zero-order valence-corrected chi connectivity index (χ0v) is 20.8. The summed E-state index contributed by atoms with van der Waals surface area (Å²) >= 11 is 0. The lowest BCUT2D eigenvalue weighted by Gasteiger charge is -2.40. The monoisotopic (exact) mass is 488 g/mol. The molecular formula is C34H24N4+2. The van der Waals surface area contributed by atoms with E-state index in [-0.39, 0.29) is 5.66 Å². The van der Waals surface area contributed by atoms with E-state index in [0.29, 0.717) is 11.8 Å². The fourth-order valence-electron chi connectivity index (χ4n) is 9.31. The van der Waals surface area contributed by atoms with Crippen molar-refractivity contribution in [2.24, 2.45) is 5.92 Å². The van der Waals surface area contributed by atoms with Crippen LogP contribution >= 0.6 is 0 Å². The zero-order valence-electron chi connectivity index (χ0n) is 20.8. The van der Waals surface area contributed by atoms with Crippen LogP contribution in [0.1, 0.15) is 36.3 Å². The fourth-order valence-corrected chi connectivity index (χ4v) is 9.31. The van der Waals surface area contributed by atoms with Gasteiger partial charge in [0.2, 0.25) is 11.5 Å². The van der Waals surface area contributed by atoms with Gasteiger partial charge in [0.05, 0.1) is 17.1 Å². The molecule has 3 unspecified atom stereocenters. The van der Waals surface area contributed by atoms with Gasteiger partial charge in [0.25, 0.3) is 11.5 Å². The Morgan fingerprint density at radius 2 is 1.42 bits per heavy atom. The quantitative estimate of drug-likeness (QED) is 0.225. The van der Waals surface area contributed by atoms with Crippen molar-refractivity contribution < 1.29 is 9.13 Å². The summed E-state index contributed by atoms with van der Waals surface area (Å²) in [5, 5.41) is 5.40. The lowest BCUT2D eigenvalue weighted by molar-refractivity contribution is -0.981. The maximum absolute atomic E-state index is 2.77. The van der Waals surface area contributed by atoms with Crippen molar-refractivity contribution in [1.82, 2.24) is 9.13 Å². The molecule has 1 saturated carbocycles. The van der Waals surface area contributed by atoms with Crippen LogP contribution in [0.4, 0.5) is 0 Å². The van der Waals surface area contributed by atoms with Gasteiger partial charge in [-0.2, -0.15) is 13.7 Å². The van der Waals surface area contributed by atoms with Gasteiger partial charge >= 0.3 is 0 Å². The first kappa shape index (κ1) is 18.8. The summed E-state index contributed by atoms with van der Waals surface area (Å²) in [6.45, 7) is 0. The Hall–Kier alpha value is -4.44. The minimum Gasteiger partial charge on any atom is -0.224 e. The molecule has 4 heteroatoms. The molecule has 4 aromatic heterocycles. The van der Waals surface area contributed by atoms with E-state index < -0.39 is 0 Å². The number of pyridine rings is 2. The number of fused-ring (bicyclic) bond motifs is 11. The Kier molecular flexibility index (Phi) is 2.88. The van der Waals surface area contributed by atoms with Gasteiger partial charge in [0.1, 0.15) is 16.6 Å². The Labute approximate surface area is 218 Å². The van der Waals surface area contributed by atoms with E-state index in [9.17, 15) is 0 Å². The third kappa shape index (κ3) is 1.68. The molecule has 0 saturated heterocycles. The van der Waals surface area contributed by atoms with Gasteiger partial charge in [-0.1, -0.05) is 61.0 Å². The largest absolute Gasteiger partial charge is 0.267 e. The lowest BCUT2D eigenvalue weighted by atomic mass is 9.85. The van der Waals surface area contributed by atoms with Crippen LogP contribution in [0.2, 0.25) is 0 Å². The smallest absolute Gasteiger partial charge is 0.224 e. The van der Waals surface area contributed by atoms with Gasteiger partial charge in [-0.3, -0.25) is 0 Å². The number of benzene rings is 3. The molecule has 0 radical (unpaired) electrons. The molecule has 3 atom stereocenters. The van der Waals surface area contributed by atoms with Crippen LogP contribution in [0.15, 0.2) is 97.2 Å². The molecule has 4 aliphatic rings. The predicted octanol–water partition coefficient (Wildman–Crippen LogP) is 6.23. The number of aromatic nitrogens is 4. The minimum atomic E-state index is -0.268. The van der Waals surface area contributed by atoms with E-state index >= 15 is 0 Å². The molecule has 4 nitrogen and oxygen atoms in total. The standard InChI is InChI=1S/C34H24N4/c1-3-12-27-21(8-1)24-16-15-23-20-10-7-11-26(20)34-31(23)32(24)36(27)30-18-17-25-22-9-2-4-13-28(22)37(33(25)38(30)34)29-14-5-6-19-35(29)34/h1-6,8-9,12-20,26H,7,10-11H2/q+2. The van der Waals surface area contributed by atoms with Crippen molar-refractivity contribution in [2.45, 2.75) is 30.8 Å². The van der Waals surface area contributed by atoms with Gasteiger partial charge < -0.3 is 0 Å². The van der Waals surface area contributed by atoms with Gasteiger partial charge in [-0.25, -0.2) is 4.57 Å². The molecular weight excluding hydrogens is 464 g/mol. The molecule has 0 N–H and O–H groups in total. The molecule has 2 aliphatic carbocycles. The molecule has 6 heterocycles. The predicted molar refractivity (Wildman–Crippen MR) is 148 cm³/mol. The van der Waals surface area contributed by atoms with Crippen molar-refractivity contribution >= 4 is 43.7 Å². The maximum Gasteiger partial charge on any atom is 0.267 e. The summed E-state index contributed by atoms with van der Waals surface area (Å²) in [4.78, 5) is 0. The molecule has 38 heavy (non-hydrogen) atoms. The van der Waals surface area contributed by atoms with Crippen molar-refractivity contribution in [3.05, 3.63) is 108 Å². The summed E-state index contributed by atoms with van der Waals surface area (Å²) in [6.07, 6.45) is 6.20. The summed E-state index contributed by atoms with van der Waals surface area (Å²) in [6, 6.07) is 34.4.